The standard InChI is InChI=1S/C60H47BN2/c1-59(2)30-31-60(3,4)51-37-45(26-27-50(51)59)63-54-29-24-41-22-14-15-23-46(41)56(54)49-34-44(40-20-12-7-13-21-40)36-55-57(49)61(63)52-35-43(39-18-10-6-11-19-39)33-48-47-32-42(38-16-8-5-9-17-38)25-28-53(47)62(55)58(48)52/h5-29,32-37H,30-31H2,1-4H3. The lowest BCUT2D eigenvalue weighted by Crippen LogP contribution is -2.60. The van der Waals surface area contributed by atoms with Gasteiger partial charge in [0.05, 0.1) is 11.0 Å². The lowest BCUT2D eigenvalue weighted by atomic mass is 9.43. The van der Waals surface area contributed by atoms with E-state index >= 15 is 0 Å². The average molecular weight is 807 g/mol. The first kappa shape index (κ1) is 36.5. The Hall–Kier alpha value is -7.10. The van der Waals surface area contributed by atoms with Gasteiger partial charge in [-0.15, -0.1) is 0 Å². The van der Waals surface area contributed by atoms with Crippen molar-refractivity contribution < 1.29 is 0 Å². The van der Waals surface area contributed by atoms with Gasteiger partial charge in [0, 0.05) is 33.4 Å². The predicted molar refractivity (Wildman–Crippen MR) is 269 cm³/mol. The number of anilines is 2. The molecule has 1 aliphatic carbocycles. The number of rotatable bonds is 4. The summed E-state index contributed by atoms with van der Waals surface area (Å²) in [5.74, 6) is 0. The van der Waals surface area contributed by atoms with Crippen molar-refractivity contribution in [3.8, 4) is 50.2 Å². The third-order valence-electron chi connectivity index (χ3n) is 15.0. The number of hydrogen-bond acceptors (Lipinski definition) is 1. The minimum Gasteiger partial charge on any atom is -0.376 e. The highest BCUT2D eigenvalue weighted by Gasteiger charge is 2.46. The van der Waals surface area contributed by atoms with Gasteiger partial charge in [0.2, 0.25) is 0 Å². The van der Waals surface area contributed by atoms with Gasteiger partial charge in [0.1, 0.15) is 0 Å². The number of aromatic nitrogens is 1. The SMILES string of the molecule is CC1(C)CCC(C)(C)c2cc(N3B4c5c(cc(-c6ccccc6)cc5-n5c6ccc(-c7ccccc7)cc6c6cc(-c7ccccc7)cc4c65)-c4c3ccc3ccccc43)ccc21. The van der Waals surface area contributed by atoms with Crippen molar-refractivity contribution in [3.05, 3.63) is 199 Å². The molecule has 0 bridgehead atoms. The summed E-state index contributed by atoms with van der Waals surface area (Å²) in [6, 6.07) is 71.2. The van der Waals surface area contributed by atoms with Crippen LogP contribution < -0.4 is 15.7 Å². The van der Waals surface area contributed by atoms with E-state index in [1.165, 1.54) is 129 Å². The molecule has 0 atom stereocenters. The number of hydrogen-bond donors (Lipinski definition) is 0. The van der Waals surface area contributed by atoms with Gasteiger partial charge >= 0.3 is 6.85 Å². The topological polar surface area (TPSA) is 8.17 Å². The molecular weight excluding hydrogens is 759 g/mol. The van der Waals surface area contributed by atoms with Crippen LogP contribution in [0.3, 0.4) is 0 Å². The Bertz CT molecular complexity index is 3510. The largest absolute Gasteiger partial charge is 0.376 e. The summed E-state index contributed by atoms with van der Waals surface area (Å²) in [5.41, 5.74) is 22.1. The molecule has 300 valence electrons. The van der Waals surface area contributed by atoms with Gasteiger partial charge in [-0.2, -0.15) is 0 Å². The van der Waals surface area contributed by atoms with E-state index in [0.29, 0.717) is 0 Å². The Morgan fingerprint density at radius 2 is 1.06 bits per heavy atom. The van der Waals surface area contributed by atoms with Crippen LogP contribution in [-0.2, 0) is 10.8 Å². The summed E-state index contributed by atoms with van der Waals surface area (Å²) in [6.07, 6.45) is 2.36. The zero-order valence-corrected chi connectivity index (χ0v) is 36.3. The summed E-state index contributed by atoms with van der Waals surface area (Å²) in [6.45, 7) is 9.69. The maximum absolute atomic E-state index is 2.73. The van der Waals surface area contributed by atoms with Crippen molar-refractivity contribution in [2.45, 2.75) is 51.4 Å². The van der Waals surface area contributed by atoms with Crippen LogP contribution in [-0.4, -0.2) is 11.4 Å². The molecule has 0 saturated heterocycles. The fourth-order valence-electron chi connectivity index (χ4n) is 11.7. The zero-order valence-electron chi connectivity index (χ0n) is 36.3. The molecule has 1 aromatic heterocycles. The molecule has 3 aliphatic rings. The van der Waals surface area contributed by atoms with Gasteiger partial charge in [-0.05, 0) is 144 Å². The first-order valence-electron chi connectivity index (χ1n) is 22.7. The Morgan fingerprint density at radius 3 is 1.78 bits per heavy atom. The van der Waals surface area contributed by atoms with Crippen molar-refractivity contribution in [1.82, 2.24) is 4.57 Å². The fourth-order valence-corrected chi connectivity index (χ4v) is 11.7. The highest BCUT2D eigenvalue weighted by molar-refractivity contribution is 6.93. The second kappa shape index (κ2) is 13.2. The summed E-state index contributed by atoms with van der Waals surface area (Å²) in [7, 11) is 0. The molecule has 63 heavy (non-hydrogen) atoms. The van der Waals surface area contributed by atoms with E-state index in [0.717, 1.165) is 0 Å². The smallest absolute Gasteiger partial charge is 0.333 e. The minimum atomic E-state index is -0.0946. The molecule has 13 rings (SSSR count). The lowest BCUT2D eigenvalue weighted by Gasteiger charge is -2.45. The van der Waals surface area contributed by atoms with E-state index in [1.54, 1.807) is 0 Å². The van der Waals surface area contributed by atoms with Gasteiger partial charge in [-0.1, -0.05) is 167 Å². The Labute approximate surface area is 370 Å². The molecule has 0 fully saturated rings. The van der Waals surface area contributed by atoms with Crippen LogP contribution in [0.25, 0.3) is 82.8 Å². The van der Waals surface area contributed by atoms with Gasteiger partial charge in [0.15, 0.2) is 0 Å². The van der Waals surface area contributed by atoms with Crippen LogP contribution in [0.1, 0.15) is 51.7 Å². The Morgan fingerprint density at radius 1 is 0.444 bits per heavy atom. The number of nitrogens with zero attached hydrogens (tertiary/aromatic N) is 2. The van der Waals surface area contributed by atoms with Crippen molar-refractivity contribution in [2.75, 3.05) is 4.81 Å². The first-order chi connectivity index (χ1) is 30.7. The molecule has 0 radical (unpaired) electrons. The second-order valence-electron chi connectivity index (χ2n) is 19.5. The molecule has 0 spiro atoms. The van der Waals surface area contributed by atoms with Crippen LogP contribution >= 0.6 is 0 Å². The third-order valence-corrected chi connectivity index (χ3v) is 15.0. The summed E-state index contributed by atoms with van der Waals surface area (Å²) < 4.78 is 2.62. The van der Waals surface area contributed by atoms with E-state index in [2.05, 4.69) is 225 Å². The number of benzene rings is 9. The summed E-state index contributed by atoms with van der Waals surface area (Å²) in [5, 5.41) is 5.10. The first-order valence-corrected chi connectivity index (χ1v) is 22.7. The van der Waals surface area contributed by atoms with E-state index in [4.69, 9.17) is 0 Å². The fraction of sp³-hybridized carbons (Fsp3) is 0.133. The number of fused-ring (bicyclic) bond motifs is 10. The van der Waals surface area contributed by atoms with Crippen LogP contribution in [0.2, 0.25) is 0 Å². The third kappa shape index (κ3) is 5.32. The van der Waals surface area contributed by atoms with Crippen LogP contribution in [0.5, 0.6) is 0 Å². The van der Waals surface area contributed by atoms with Crippen molar-refractivity contribution in [2.24, 2.45) is 0 Å². The predicted octanol–water partition coefficient (Wildman–Crippen LogP) is 14.5. The highest BCUT2D eigenvalue weighted by Crippen LogP contribution is 2.51. The molecule has 0 saturated carbocycles. The lowest BCUT2D eigenvalue weighted by molar-refractivity contribution is 0.332. The van der Waals surface area contributed by atoms with E-state index in [9.17, 15) is 0 Å². The maximum atomic E-state index is 2.73. The van der Waals surface area contributed by atoms with Gasteiger partial charge < -0.3 is 9.38 Å². The molecule has 10 aromatic rings. The summed E-state index contributed by atoms with van der Waals surface area (Å²) in [4.78, 5) is 2.73. The van der Waals surface area contributed by atoms with Crippen molar-refractivity contribution >= 4 is 61.7 Å². The van der Waals surface area contributed by atoms with Crippen LogP contribution in [0.4, 0.5) is 11.4 Å². The molecular formula is C60H47BN2. The quantitative estimate of drug-likeness (QED) is 0.161. The van der Waals surface area contributed by atoms with Gasteiger partial charge in [-0.25, -0.2) is 0 Å². The van der Waals surface area contributed by atoms with Crippen LogP contribution in [0, 0.1) is 0 Å². The monoisotopic (exact) mass is 806 g/mol. The van der Waals surface area contributed by atoms with Crippen molar-refractivity contribution in [3.63, 3.8) is 0 Å². The summed E-state index contributed by atoms with van der Waals surface area (Å²) >= 11 is 0. The normalized spacial score (nSPS) is 15.4. The molecule has 3 heterocycles. The second-order valence-corrected chi connectivity index (χ2v) is 19.5. The van der Waals surface area contributed by atoms with E-state index < -0.39 is 0 Å². The molecule has 2 nitrogen and oxygen atoms in total. The van der Waals surface area contributed by atoms with E-state index in [1.807, 2.05) is 0 Å². The highest BCUT2D eigenvalue weighted by atomic mass is 15.1. The van der Waals surface area contributed by atoms with Crippen molar-refractivity contribution in [1.29, 1.82) is 0 Å². The van der Waals surface area contributed by atoms with Gasteiger partial charge in [0.25, 0.3) is 0 Å². The minimum absolute atomic E-state index is 0.0620. The molecule has 2 aliphatic heterocycles. The van der Waals surface area contributed by atoms with Gasteiger partial charge in [-0.3, -0.25) is 0 Å². The molecule has 9 aromatic carbocycles. The Balaban J connectivity index is 1.21. The van der Waals surface area contributed by atoms with Crippen LogP contribution in [0.15, 0.2) is 188 Å². The molecule has 0 N–H and O–H groups in total. The molecule has 0 unspecified atom stereocenters. The Kier molecular flexibility index (Phi) is 7.66. The molecule has 3 heteroatoms. The van der Waals surface area contributed by atoms with E-state index in [-0.39, 0.29) is 17.7 Å². The maximum Gasteiger partial charge on any atom is 0.333 e. The average Bonchev–Trinajstić information content (AvgIpc) is 3.66. The molecule has 0 amide bonds. The zero-order chi connectivity index (χ0) is 42.2.